The zero-order valence-corrected chi connectivity index (χ0v) is 12.4. The van der Waals surface area contributed by atoms with E-state index in [2.05, 4.69) is 10.0 Å². The van der Waals surface area contributed by atoms with Gasteiger partial charge in [-0.3, -0.25) is 4.72 Å². The van der Waals surface area contributed by atoms with E-state index < -0.39 is 15.3 Å². The van der Waals surface area contributed by atoms with Gasteiger partial charge in [-0.25, -0.2) is 8.42 Å². The van der Waals surface area contributed by atoms with Crippen LogP contribution < -0.4 is 10.0 Å². The lowest BCUT2D eigenvalue weighted by Gasteiger charge is -2.16. The van der Waals surface area contributed by atoms with E-state index in [1.54, 1.807) is 32.0 Å². The molecule has 1 rings (SSSR count). The molecule has 0 spiro atoms. The quantitative estimate of drug-likeness (QED) is 0.846. The molecule has 1 unspecified atom stereocenters. The van der Waals surface area contributed by atoms with Gasteiger partial charge in [0.2, 0.25) is 10.0 Å². The predicted molar refractivity (Wildman–Crippen MR) is 76.7 cm³/mol. The van der Waals surface area contributed by atoms with Gasteiger partial charge in [0.05, 0.1) is 10.9 Å². The summed E-state index contributed by atoms with van der Waals surface area (Å²) in [6.45, 7) is 6.56. The van der Waals surface area contributed by atoms with Gasteiger partial charge >= 0.3 is 0 Å². The average Bonchev–Trinajstić information content (AvgIpc) is 2.31. The Labute approximate surface area is 114 Å². The third kappa shape index (κ3) is 3.86. The molecule has 1 aromatic carbocycles. The first kappa shape index (κ1) is 15.3. The summed E-state index contributed by atoms with van der Waals surface area (Å²) in [4.78, 5) is 0. The fraction of sp³-hybridized carbons (Fsp3) is 0.500. The van der Waals surface area contributed by atoms with Gasteiger partial charge < -0.3 is 5.32 Å². The zero-order chi connectivity index (χ0) is 13.8. The van der Waals surface area contributed by atoms with Crippen LogP contribution in [0, 0.1) is 6.92 Å². The van der Waals surface area contributed by atoms with E-state index in [1.165, 1.54) is 0 Å². The van der Waals surface area contributed by atoms with Crippen LogP contribution in [0.15, 0.2) is 18.2 Å². The largest absolute Gasteiger partial charge is 0.316 e. The number of anilines is 1. The maximum absolute atomic E-state index is 12.1. The summed E-state index contributed by atoms with van der Waals surface area (Å²) in [7, 11) is -3.40. The van der Waals surface area contributed by atoms with Gasteiger partial charge in [0.15, 0.2) is 0 Å². The monoisotopic (exact) mass is 290 g/mol. The molecule has 18 heavy (non-hydrogen) atoms. The number of nitrogens with one attached hydrogen (secondary N) is 2. The first-order valence-electron chi connectivity index (χ1n) is 5.86. The van der Waals surface area contributed by atoms with E-state index in [1.807, 2.05) is 6.92 Å². The van der Waals surface area contributed by atoms with Gasteiger partial charge in [-0.05, 0) is 38.1 Å². The van der Waals surface area contributed by atoms with E-state index in [0.717, 1.165) is 12.1 Å². The molecule has 1 aromatic rings. The zero-order valence-electron chi connectivity index (χ0n) is 10.8. The molecular formula is C12H19ClN2O2S. The Bertz CT molecular complexity index is 503. The molecule has 6 heteroatoms. The third-order valence-corrected chi connectivity index (χ3v) is 4.87. The first-order chi connectivity index (χ1) is 8.38. The van der Waals surface area contributed by atoms with Gasteiger partial charge in [0, 0.05) is 11.6 Å². The summed E-state index contributed by atoms with van der Waals surface area (Å²) in [6, 6.07) is 5.16. The molecule has 0 saturated carbocycles. The topological polar surface area (TPSA) is 58.2 Å². The van der Waals surface area contributed by atoms with Crippen molar-refractivity contribution in [3.63, 3.8) is 0 Å². The predicted octanol–water partition coefficient (Wildman–Crippen LogP) is 2.39. The minimum atomic E-state index is -3.40. The second-order valence-electron chi connectivity index (χ2n) is 4.18. The second-order valence-corrected chi connectivity index (χ2v) is 6.68. The Morgan fingerprint density at radius 3 is 2.67 bits per heavy atom. The first-order valence-corrected chi connectivity index (χ1v) is 7.78. The molecule has 0 aromatic heterocycles. The maximum atomic E-state index is 12.1. The summed E-state index contributed by atoms with van der Waals surface area (Å²) >= 11 is 5.96. The number of benzene rings is 1. The molecule has 0 amide bonds. The number of hydrogen-bond donors (Lipinski definition) is 2. The molecule has 0 fully saturated rings. The summed E-state index contributed by atoms with van der Waals surface area (Å²) in [6.07, 6.45) is 0. The Morgan fingerprint density at radius 2 is 2.06 bits per heavy atom. The van der Waals surface area contributed by atoms with E-state index in [0.29, 0.717) is 17.3 Å². The van der Waals surface area contributed by atoms with Crippen LogP contribution >= 0.6 is 11.6 Å². The molecule has 0 aliphatic carbocycles. The SMILES string of the molecule is CCNCC(C)S(=O)(=O)Nc1cccc(Cl)c1C. The maximum Gasteiger partial charge on any atom is 0.236 e. The molecule has 0 bridgehead atoms. The van der Waals surface area contributed by atoms with Crippen molar-refractivity contribution in [2.75, 3.05) is 17.8 Å². The summed E-state index contributed by atoms with van der Waals surface area (Å²) in [5.74, 6) is 0. The third-order valence-electron chi connectivity index (χ3n) is 2.73. The van der Waals surface area contributed by atoms with Crippen molar-refractivity contribution >= 4 is 27.3 Å². The van der Waals surface area contributed by atoms with E-state index in [4.69, 9.17) is 11.6 Å². The number of rotatable bonds is 6. The lowest BCUT2D eigenvalue weighted by Crippen LogP contribution is -2.34. The highest BCUT2D eigenvalue weighted by Gasteiger charge is 2.21. The molecule has 0 aliphatic heterocycles. The van der Waals surface area contributed by atoms with Crippen LogP contribution in [0.5, 0.6) is 0 Å². The minimum Gasteiger partial charge on any atom is -0.316 e. The molecule has 2 N–H and O–H groups in total. The molecule has 0 radical (unpaired) electrons. The minimum absolute atomic E-state index is 0.422. The Balaban J connectivity index is 2.85. The van der Waals surface area contributed by atoms with Gasteiger partial charge in [-0.1, -0.05) is 24.6 Å². The van der Waals surface area contributed by atoms with Gasteiger partial charge in [0.1, 0.15) is 0 Å². The molecule has 0 heterocycles. The standard InChI is InChI=1S/C12H19ClN2O2S/c1-4-14-8-9(2)18(16,17)15-12-7-5-6-11(13)10(12)3/h5-7,9,14-15H,4,8H2,1-3H3. The van der Waals surface area contributed by atoms with Crippen LogP contribution in [0.2, 0.25) is 5.02 Å². The van der Waals surface area contributed by atoms with Gasteiger partial charge in [-0.2, -0.15) is 0 Å². The fourth-order valence-electron chi connectivity index (χ4n) is 1.43. The molecule has 1 atom stereocenters. The number of hydrogen-bond acceptors (Lipinski definition) is 3. The smallest absolute Gasteiger partial charge is 0.236 e. The Kier molecular flexibility index (Phi) is 5.44. The Hall–Kier alpha value is -0.780. The molecule has 0 aliphatic rings. The summed E-state index contributed by atoms with van der Waals surface area (Å²) in [5, 5.41) is 3.07. The van der Waals surface area contributed by atoms with Crippen molar-refractivity contribution in [1.29, 1.82) is 0 Å². The highest BCUT2D eigenvalue weighted by molar-refractivity contribution is 7.93. The van der Waals surface area contributed by atoms with Crippen molar-refractivity contribution in [1.82, 2.24) is 5.32 Å². The van der Waals surface area contributed by atoms with Crippen LogP contribution in [0.4, 0.5) is 5.69 Å². The van der Waals surface area contributed by atoms with Gasteiger partial charge in [0.25, 0.3) is 0 Å². The van der Waals surface area contributed by atoms with E-state index >= 15 is 0 Å². The highest BCUT2D eigenvalue weighted by Crippen LogP contribution is 2.24. The van der Waals surface area contributed by atoms with Crippen LogP contribution in [0.1, 0.15) is 19.4 Å². The normalized spacial score (nSPS) is 13.3. The number of halogens is 1. The lowest BCUT2D eigenvalue weighted by molar-refractivity contribution is 0.579. The summed E-state index contributed by atoms with van der Waals surface area (Å²) in [5.41, 5.74) is 1.27. The summed E-state index contributed by atoms with van der Waals surface area (Å²) < 4.78 is 26.7. The lowest BCUT2D eigenvalue weighted by atomic mass is 10.2. The van der Waals surface area contributed by atoms with Crippen molar-refractivity contribution < 1.29 is 8.42 Å². The van der Waals surface area contributed by atoms with E-state index in [9.17, 15) is 8.42 Å². The fourth-order valence-corrected chi connectivity index (χ4v) is 2.67. The van der Waals surface area contributed by atoms with E-state index in [-0.39, 0.29) is 0 Å². The molecule has 102 valence electrons. The van der Waals surface area contributed by atoms with Crippen LogP contribution in [-0.4, -0.2) is 26.8 Å². The van der Waals surface area contributed by atoms with Crippen molar-refractivity contribution in [3.8, 4) is 0 Å². The van der Waals surface area contributed by atoms with Gasteiger partial charge in [-0.15, -0.1) is 0 Å². The highest BCUT2D eigenvalue weighted by atomic mass is 35.5. The van der Waals surface area contributed by atoms with Crippen LogP contribution in [-0.2, 0) is 10.0 Å². The second kappa shape index (κ2) is 6.41. The molecule has 0 saturated heterocycles. The van der Waals surface area contributed by atoms with Crippen molar-refractivity contribution in [3.05, 3.63) is 28.8 Å². The molecular weight excluding hydrogens is 272 g/mol. The van der Waals surface area contributed by atoms with Crippen molar-refractivity contribution in [2.24, 2.45) is 0 Å². The Morgan fingerprint density at radius 1 is 1.39 bits per heavy atom. The average molecular weight is 291 g/mol. The van der Waals surface area contributed by atoms with Crippen LogP contribution in [0.3, 0.4) is 0 Å². The van der Waals surface area contributed by atoms with Crippen molar-refractivity contribution in [2.45, 2.75) is 26.0 Å². The number of sulfonamides is 1. The molecule has 4 nitrogen and oxygen atoms in total. The van der Waals surface area contributed by atoms with Crippen LogP contribution in [0.25, 0.3) is 0 Å².